The number of rotatable bonds is 9. The van der Waals surface area contributed by atoms with Crippen LogP contribution in [-0.2, 0) is 18.9 Å². The first kappa shape index (κ1) is 17.2. The summed E-state index contributed by atoms with van der Waals surface area (Å²) in [5, 5.41) is 2.69. The minimum absolute atomic E-state index is 0.114. The third-order valence-electron chi connectivity index (χ3n) is 3.45. The Morgan fingerprint density at radius 1 is 1.43 bits per heavy atom. The van der Waals surface area contributed by atoms with E-state index in [0.717, 1.165) is 26.1 Å². The van der Waals surface area contributed by atoms with Crippen molar-refractivity contribution in [3.05, 3.63) is 17.0 Å². The van der Waals surface area contributed by atoms with E-state index in [1.165, 1.54) is 9.77 Å². The van der Waals surface area contributed by atoms with E-state index in [-0.39, 0.29) is 19.2 Å². The molecule has 1 aromatic rings. The minimum atomic E-state index is -0.237. The van der Waals surface area contributed by atoms with Gasteiger partial charge in [-0.15, -0.1) is 23.1 Å². The lowest BCUT2D eigenvalue weighted by atomic mass is 10.1. The zero-order chi connectivity index (χ0) is 15.1. The molecule has 0 radical (unpaired) electrons. The Labute approximate surface area is 135 Å². The molecule has 0 aliphatic carbocycles. The third-order valence-corrected chi connectivity index (χ3v) is 5.96. The van der Waals surface area contributed by atoms with Gasteiger partial charge in [0, 0.05) is 31.1 Å². The van der Waals surface area contributed by atoms with Crippen molar-refractivity contribution in [2.24, 2.45) is 0 Å². The number of hydrogen-bond donors (Lipinski definition) is 0. The molecule has 0 saturated carbocycles. The molecule has 3 unspecified atom stereocenters. The molecule has 1 aliphatic heterocycles. The summed E-state index contributed by atoms with van der Waals surface area (Å²) in [4.78, 5) is 0. The van der Waals surface area contributed by atoms with Crippen LogP contribution in [0.2, 0.25) is 0 Å². The van der Waals surface area contributed by atoms with E-state index >= 15 is 0 Å². The van der Waals surface area contributed by atoms with E-state index in [2.05, 4.69) is 11.4 Å². The predicted octanol–water partition coefficient (Wildman–Crippen LogP) is 4.06. The molecule has 0 N–H and O–H groups in total. The van der Waals surface area contributed by atoms with Gasteiger partial charge >= 0.3 is 0 Å². The van der Waals surface area contributed by atoms with Crippen LogP contribution in [0.4, 0.5) is 0 Å². The second kappa shape index (κ2) is 9.12. The number of ether oxygens (including phenoxy) is 4. The quantitative estimate of drug-likeness (QED) is 0.503. The lowest BCUT2D eigenvalue weighted by Gasteiger charge is -2.29. The van der Waals surface area contributed by atoms with Gasteiger partial charge in [-0.3, -0.25) is 0 Å². The molecule has 6 heteroatoms. The van der Waals surface area contributed by atoms with Crippen molar-refractivity contribution in [1.82, 2.24) is 0 Å². The van der Waals surface area contributed by atoms with Gasteiger partial charge in [0.1, 0.15) is 0 Å². The van der Waals surface area contributed by atoms with Crippen LogP contribution in [0.3, 0.4) is 0 Å². The van der Waals surface area contributed by atoms with E-state index in [0.29, 0.717) is 5.25 Å². The molecule has 1 aromatic heterocycles. The molecule has 4 nitrogen and oxygen atoms in total. The highest BCUT2D eigenvalue weighted by Crippen LogP contribution is 2.46. The van der Waals surface area contributed by atoms with E-state index in [1.54, 1.807) is 18.4 Å². The smallest absolute Gasteiger partial charge is 0.157 e. The Bertz CT molecular complexity index is 410. The van der Waals surface area contributed by atoms with Crippen LogP contribution in [0, 0.1) is 0 Å². The Balaban J connectivity index is 1.87. The minimum Gasteiger partial charge on any atom is -0.382 e. The first-order valence-electron chi connectivity index (χ1n) is 7.32. The van der Waals surface area contributed by atoms with Crippen molar-refractivity contribution in [3.63, 3.8) is 0 Å². The number of thiophene rings is 1. The van der Waals surface area contributed by atoms with Crippen LogP contribution >= 0.6 is 23.1 Å². The highest BCUT2D eigenvalue weighted by Gasteiger charge is 2.29. The highest BCUT2D eigenvalue weighted by molar-refractivity contribution is 8.01. The monoisotopic (exact) mass is 332 g/mol. The predicted molar refractivity (Wildman–Crippen MR) is 85.9 cm³/mol. The second-order valence-corrected chi connectivity index (χ2v) is 7.35. The van der Waals surface area contributed by atoms with Crippen molar-refractivity contribution in [2.75, 3.05) is 27.1 Å². The van der Waals surface area contributed by atoms with Crippen LogP contribution in [0.25, 0.3) is 0 Å². The second-order valence-electron chi connectivity index (χ2n) is 4.87. The van der Waals surface area contributed by atoms with Gasteiger partial charge in [-0.05, 0) is 38.1 Å². The molecule has 2 rings (SSSR count). The average Bonchev–Trinajstić information content (AvgIpc) is 2.96. The summed E-state index contributed by atoms with van der Waals surface area (Å²) in [6.07, 6.45) is 1.94. The summed E-state index contributed by atoms with van der Waals surface area (Å²) in [5.74, 6) is 0. The van der Waals surface area contributed by atoms with Crippen LogP contribution in [0.5, 0.6) is 0 Å². The fourth-order valence-corrected chi connectivity index (χ4v) is 4.78. The lowest BCUT2D eigenvalue weighted by molar-refractivity contribution is -0.190. The van der Waals surface area contributed by atoms with Crippen molar-refractivity contribution < 1.29 is 18.9 Å². The Hall–Kier alpha value is -0.110. The molecule has 3 atom stereocenters. The molecule has 0 spiro atoms. The van der Waals surface area contributed by atoms with Crippen LogP contribution in [0.1, 0.15) is 38.4 Å². The summed E-state index contributed by atoms with van der Waals surface area (Å²) in [5.41, 5.74) is 1.30. The van der Waals surface area contributed by atoms with Gasteiger partial charge in [-0.2, -0.15) is 0 Å². The molecular formula is C15H24O4S2. The molecule has 0 fully saturated rings. The Kier molecular flexibility index (Phi) is 7.49. The summed E-state index contributed by atoms with van der Waals surface area (Å²) in [6, 6.07) is 2.16. The van der Waals surface area contributed by atoms with Crippen LogP contribution in [-0.4, -0.2) is 38.7 Å². The van der Waals surface area contributed by atoms with Crippen molar-refractivity contribution in [2.45, 2.75) is 48.5 Å². The number of methoxy groups -OCH3 is 1. The first-order chi connectivity index (χ1) is 10.2. The molecule has 0 saturated heterocycles. The topological polar surface area (TPSA) is 36.9 Å². The largest absolute Gasteiger partial charge is 0.382 e. The maximum Gasteiger partial charge on any atom is 0.157 e. The summed E-state index contributed by atoms with van der Waals surface area (Å²) >= 11 is 3.75. The zero-order valence-electron chi connectivity index (χ0n) is 12.9. The maximum atomic E-state index is 5.93. The molecule has 120 valence electrons. The van der Waals surface area contributed by atoms with Crippen molar-refractivity contribution >= 4 is 23.1 Å². The van der Waals surface area contributed by atoms with E-state index in [1.807, 2.05) is 25.6 Å². The summed E-state index contributed by atoms with van der Waals surface area (Å²) in [6.45, 7) is 5.76. The van der Waals surface area contributed by atoms with Gasteiger partial charge in [0.15, 0.2) is 13.1 Å². The average molecular weight is 332 g/mol. The third kappa shape index (κ3) is 5.23. The molecule has 0 aromatic carbocycles. The standard InChI is InChI=1S/C15H24O4S2/c1-4-17-7-5-12-9-14(19-10-18-11(2)16-3)13-6-8-20-15(13)21-12/h6,8,11-12,14H,4-5,7,9-10H2,1-3H3. The molecule has 0 amide bonds. The van der Waals surface area contributed by atoms with E-state index in [4.69, 9.17) is 18.9 Å². The van der Waals surface area contributed by atoms with E-state index in [9.17, 15) is 0 Å². The first-order valence-corrected chi connectivity index (χ1v) is 9.08. The van der Waals surface area contributed by atoms with Gasteiger partial charge in [0.05, 0.1) is 10.3 Å². The normalized spacial score (nSPS) is 23.0. The van der Waals surface area contributed by atoms with Crippen molar-refractivity contribution in [1.29, 1.82) is 0 Å². The molecule has 1 aliphatic rings. The summed E-state index contributed by atoms with van der Waals surface area (Å²) < 4.78 is 23.3. The molecule has 21 heavy (non-hydrogen) atoms. The van der Waals surface area contributed by atoms with Gasteiger partial charge in [-0.1, -0.05) is 0 Å². The molecular weight excluding hydrogens is 308 g/mol. The highest BCUT2D eigenvalue weighted by atomic mass is 32.2. The Morgan fingerprint density at radius 3 is 3.05 bits per heavy atom. The zero-order valence-corrected chi connectivity index (χ0v) is 14.5. The van der Waals surface area contributed by atoms with Gasteiger partial charge < -0.3 is 18.9 Å². The number of hydrogen-bond acceptors (Lipinski definition) is 6. The Morgan fingerprint density at radius 2 is 2.29 bits per heavy atom. The number of fused-ring (bicyclic) bond motifs is 1. The van der Waals surface area contributed by atoms with Crippen molar-refractivity contribution in [3.8, 4) is 0 Å². The van der Waals surface area contributed by atoms with Crippen LogP contribution < -0.4 is 0 Å². The van der Waals surface area contributed by atoms with Gasteiger partial charge in [0.25, 0.3) is 0 Å². The van der Waals surface area contributed by atoms with Gasteiger partial charge in [0.2, 0.25) is 0 Å². The summed E-state index contributed by atoms with van der Waals surface area (Å²) in [7, 11) is 1.63. The van der Waals surface area contributed by atoms with E-state index < -0.39 is 0 Å². The fourth-order valence-electron chi connectivity index (χ4n) is 2.18. The number of thioether (sulfide) groups is 1. The van der Waals surface area contributed by atoms with Gasteiger partial charge in [-0.25, -0.2) is 0 Å². The molecule has 0 bridgehead atoms. The SMILES string of the molecule is CCOCCC1CC(OCOC(C)OC)c2ccsc2S1. The lowest BCUT2D eigenvalue weighted by Crippen LogP contribution is -2.21. The maximum absolute atomic E-state index is 5.93. The molecule has 2 heterocycles. The fraction of sp³-hybridized carbons (Fsp3) is 0.733. The van der Waals surface area contributed by atoms with Crippen LogP contribution in [0.15, 0.2) is 15.7 Å².